The highest BCUT2D eigenvalue weighted by Crippen LogP contribution is 2.34. The number of nitrogens with one attached hydrogen (secondary N) is 2. The summed E-state index contributed by atoms with van der Waals surface area (Å²) in [4.78, 5) is 12.1. The van der Waals surface area contributed by atoms with Crippen molar-refractivity contribution in [1.29, 1.82) is 0 Å². The molecule has 2 aromatic carbocycles. The molecule has 0 radical (unpaired) electrons. The molecule has 5 nitrogen and oxygen atoms in total. The molecule has 0 unspecified atom stereocenters. The van der Waals surface area contributed by atoms with Crippen LogP contribution in [0.25, 0.3) is 6.08 Å². The lowest BCUT2D eigenvalue weighted by Gasteiger charge is -2.14. The van der Waals surface area contributed by atoms with E-state index in [-0.39, 0.29) is 11.3 Å². The number of benzene rings is 2. The van der Waals surface area contributed by atoms with Crippen LogP contribution in [-0.2, 0) is 27.2 Å². The van der Waals surface area contributed by atoms with E-state index in [1.807, 2.05) is 4.72 Å². The van der Waals surface area contributed by atoms with Crippen LogP contribution in [0.1, 0.15) is 16.7 Å². The predicted octanol–water partition coefficient (Wildman–Crippen LogP) is 4.75. The van der Waals surface area contributed by atoms with Gasteiger partial charge in [0.1, 0.15) is 0 Å². The van der Waals surface area contributed by atoms with Gasteiger partial charge >= 0.3 is 12.4 Å². The highest BCUT2D eigenvalue weighted by atomic mass is 32.2. The maximum absolute atomic E-state index is 12.9. The molecule has 0 fully saturated rings. The molecule has 0 aliphatic heterocycles. The summed E-state index contributed by atoms with van der Waals surface area (Å²) in [6.07, 6.45) is -6.45. The molecular weight excluding hydrogens is 438 g/mol. The van der Waals surface area contributed by atoms with Gasteiger partial charge in [0, 0.05) is 6.08 Å². The Kier molecular flexibility index (Phi) is 6.50. The monoisotopic (exact) mass is 452 g/mol. The molecule has 12 heteroatoms. The third-order valence-corrected chi connectivity index (χ3v) is 4.16. The van der Waals surface area contributed by atoms with Crippen molar-refractivity contribution >= 4 is 33.4 Å². The zero-order chi connectivity index (χ0) is 22.7. The number of carbonyl (C=O) groups excluding carboxylic acids is 1. The molecule has 30 heavy (non-hydrogen) atoms. The van der Waals surface area contributed by atoms with Crippen LogP contribution in [-0.4, -0.2) is 20.6 Å². The molecule has 0 atom stereocenters. The van der Waals surface area contributed by atoms with Gasteiger partial charge in [-0.25, -0.2) is 8.42 Å². The summed E-state index contributed by atoms with van der Waals surface area (Å²) in [5, 5.41) is 2.12. The zero-order valence-corrected chi connectivity index (χ0v) is 15.9. The highest BCUT2D eigenvalue weighted by molar-refractivity contribution is 7.92. The maximum Gasteiger partial charge on any atom is 0.416 e. The molecule has 0 aromatic heterocycles. The Labute approximate surface area is 167 Å². The zero-order valence-electron chi connectivity index (χ0n) is 15.1. The van der Waals surface area contributed by atoms with Gasteiger partial charge in [0.25, 0.3) is 0 Å². The van der Waals surface area contributed by atoms with Crippen LogP contribution in [0.5, 0.6) is 0 Å². The molecule has 0 heterocycles. The quantitative estimate of drug-likeness (QED) is 0.508. The van der Waals surface area contributed by atoms with Crippen LogP contribution in [0.3, 0.4) is 0 Å². The molecule has 162 valence electrons. The fourth-order valence-electron chi connectivity index (χ4n) is 2.24. The van der Waals surface area contributed by atoms with E-state index in [0.717, 1.165) is 48.7 Å². The topological polar surface area (TPSA) is 75.3 Å². The highest BCUT2D eigenvalue weighted by Gasteiger charge is 2.31. The molecule has 1 amide bonds. The van der Waals surface area contributed by atoms with E-state index < -0.39 is 45.1 Å². The van der Waals surface area contributed by atoms with Gasteiger partial charge in [-0.1, -0.05) is 12.1 Å². The number of hydrogen-bond donors (Lipinski definition) is 2. The van der Waals surface area contributed by atoms with Crippen LogP contribution in [0, 0.1) is 0 Å². The van der Waals surface area contributed by atoms with Crippen molar-refractivity contribution in [3.05, 3.63) is 65.2 Å². The Bertz CT molecular complexity index is 1060. The fourth-order valence-corrected chi connectivity index (χ4v) is 2.82. The predicted molar refractivity (Wildman–Crippen MR) is 99.0 cm³/mol. The molecular formula is C18H14F6N2O3S. The van der Waals surface area contributed by atoms with Crippen LogP contribution in [0.2, 0.25) is 0 Å². The summed E-state index contributed by atoms with van der Waals surface area (Å²) in [7, 11) is -3.85. The smallest absolute Gasteiger partial charge is 0.321 e. The van der Waals surface area contributed by atoms with Gasteiger partial charge in [-0.15, -0.1) is 0 Å². The lowest BCUT2D eigenvalue weighted by molar-refractivity contribution is -0.138. The average Bonchev–Trinajstić information content (AvgIpc) is 2.59. The number of amides is 1. The fraction of sp³-hybridized carbons (Fsp3) is 0.167. The third-order valence-electron chi connectivity index (χ3n) is 3.57. The number of hydrogen-bond acceptors (Lipinski definition) is 3. The molecule has 0 saturated heterocycles. The van der Waals surface area contributed by atoms with Crippen molar-refractivity contribution in [1.82, 2.24) is 0 Å². The Morgan fingerprint density at radius 3 is 1.90 bits per heavy atom. The van der Waals surface area contributed by atoms with Crippen LogP contribution in [0.15, 0.2) is 48.5 Å². The second-order valence-electron chi connectivity index (χ2n) is 6.07. The van der Waals surface area contributed by atoms with E-state index in [9.17, 15) is 39.6 Å². The second-order valence-corrected chi connectivity index (χ2v) is 7.82. The molecule has 0 saturated carbocycles. The van der Waals surface area contributed by atoms with E-state index in [0.29, 0.717) is 12.1 Å². The molecule has 2 aromatic rings. The van der Waals surface area contributed by atoms with Gasteiger partial charge in [-0.2, -0.15) is 26.3 Å². The Morgan fingerprint density at radius 2 is 1.40 bits per heavy atom. The molecule has 2 rings (SSSR count). The first-order valence-electron chi connectivity index (χ1n) is 8.00. The summed E-state index contributed by atoms with van der Waals surface area (Å²) in [5.41, 5.74) is -2.51. The second kappa shape index (κ2) is 8.38. The van der Waals surface area contributed by atoms with Gasteiger partial charge in [0.2, 0.25) is 15.9 Å². The molecule has 0 aliphatic carbocycles. The van der Waals surface area contributed by atoms with E-state index >= 15 is 0 Å². The number of halogens is 6. The molecule has 0 spiro atoms. The summed E-state index contributed by atoms with van der Waals surface area (Å²) >= 11 is 0. The van der Waals surface area contributed by atoms with Crippen molar-refractivity contribution in [2.45, 2.75) is 12.4 Å². The van der Waals surface area contributed by atoms with Gasteiger partial charge < -0.3 is 5.32 Å². The summed E-state index contributed by atoms with van der Waals surface area (Å²) in [5.74, 6) is -0.925. The van der Waals surface area contributed by atoms with Gasteiger partial charge in [-0.05, 0) is 42.0 Å². The summed E-state index contributed by atoms with van der Waals surface area (Å²) in [6.45, 7) is 0. The SMILES string of the molecule is CS(=O)(=O)Nc1ccc(C(F)(F)F)cc1NC(=O)/C=C/c1ccc(C(F)(F)F)cc1. The lowest BCUT2D eigenvalue weighted by atomic mass is 10.1. The minimum atomic E-state index is -4.74. The Balaban J connectivity index is 2.24. The van der Waals surface area contributed by atoms with Gasteiger partial charge in [0.05, 0.1) is 28.8 Å². The first kappa shape index (κ1) is 23.3. The maximum atomic E-state index is 12.9. The van der Waals surface area contributed by atoms with Gasteiger partial charge in [0.15, 0.2) is 0 Å². The van der Waals surface area contributed by atoms with Crippen molar-refractivity contribution in [2.24, 2.45) is 0 Å². The summed E-state index contributed by atoms with van der Waals surface area (Å²) < 4.78 is 101. The largest absolute Gasteiger partial charge is 0.416 e. The van der Waals surface area contributed by atoms with E-state index in [4.69, 9.17) is 0 Å². The Morgan fingerprint density at radius 1 is 0.867 bits per heavy atom. The number of rotatable bonds is 5. The summed E-state index contributed by atoms with van der Waals surface area (Å²) in [6, 6.07) is 5.86. The molecule has 0 bridgehead atoms. The Hall–Kier alpha value is -3.02. The van der Waals surface area contributed by atoms with Crippen molar-refractivity contribution in [3.8, 4) is 0 Å². The first-order valence-corrected chi connectivity index (χ1v) is 9.90. The normalized spacial score (nSPS) is 12.8. The number of alkyl halides is 6. The molecule has 2 N–H and O–H groups in total. The minimum Gasteiger partial charge on any atom is -0.321 e. The van der Waals surface area contributed by atoms with Gasteiger partial charge in [-0.3, -0.25) is 9.52 Å². The first-order chi connectivity index (χ1) is 13.6. The van der Waals surface area contributed by atoms with Crippen LogP contribution >= 0.6 is 0 Å². The van der Waals surface area contributed by atoms with Crippen LogP contribution < -0.4 is 10.0 Å². The average molecular weight is 452 g/mol. The standard InChI is InChI=1S/C18H14F6N2O3S/c1-30(28,29)26-14-8-7-13(18(22,23)24)10-15(14)25-16(27)9-4-11-2-5-12(6-3-11)17(19,20)21/h2-10,26H,1H3,(H,25,27)/b9-4+. The number of carbonyl (C=O) groups is 1. The van der Waals surface area contributed by atoms with Crippen molar-refractivity contribution in [2.75, 3.05) is 16.3 Å². The minimum absolute atomic E-state index is 0.233. The molecule has 0 aliphatic rings. The number of sulfonamides is 1. The number of anilines is 2. The lowest BCUT2D eigenvalue weighted by Crippen LogP contribution is -2.16. The third kappa shape index (κ3) is 6.79. The van der Waals surface area contributed by atoms with Crippen molar-refractivity contribution in [3.63, 3.8) is 0 Å². The van der Waals surface area contributed by atoms with E-state index in [2.05, 4.69) is 5.32 Å². The van der Waals surface area contributed by atoms with E-state index in [1.165, 1.54) is 0 Å². The van der Waals surface area contributed by atoms with E-state index in [1.54, 1.807) is 0 Å². The van der Waals surface area contributed by atoms with Crippen LogP contribution in [0.4, 0.5) is 37.7 Å². The van der Waals surface area contributed by atoms with Crippen molar-refractivity contribution < 1.29 is 39.6 Å².